The Morgan fingerprint density at radius 2 is 2.27 bits per heavy atom. The van der Waals surface area contributed by atoms with Gasteiger partial charge in [0.05, 0.1) is 34.7 Å². The molecule has 0 spiro atoms. The molecule has 0 aliphatic carbocycles. The zero-order valence-electron chi connectivity index (χ0n) is 14.2. The molecule has 26 heavy (non-hydrogen) atoms. The second-order valence-electron chi connectivity index (χ2n) is 5.45. The summed E-state index contributed by atoms with van der Waals surface area (Å²) in [5, 5.41) is 23.9. The van der Waals surface area contributed by atoms with E-state index in [0.29, 0.717) is 28.3 Å². The summed E-state index contributed by atoms with van der Waals surface area (Å²) < 4.78 is 5.18. The average molecular weight is 391 g/mol. The lowest BCUT2D eigenvalue weighted by atomic mass is 9.81. The van der Waals surface area contributed by atoms with Gasteiger partial charge in [-0.15, -0.1) is 11.7 Å². The standard InChI is InChI=1S/C17H17N3O4S2/c1-3-24-17(21)16-14(9-26-25)19-10(2)13(8-18)15(16)11-5-4-6-12(7-11)20(22)23/h4-7,15,19,25H,3,9H2,1-2H3. The van der Waals surface area contributed by atoms with Crippen molar-refractivity contribution in [1.29, 1.82) is 5.26 Å². The highest BCUT2D eigenvalue weighted by Gasteiger charge is 2.35. The number of hydrogen-bond donors (Lipinski definition) is 2. The average Bonchev–Trinajstić information content (AvgIpc) is 2.61. The van der Waals surface area contributed by atoms with E-state index in [1.165, 1.54) is 29.0 Å². The molecule has 0 saturated carbocycles. The molecule has 0 bridgehead atoms. The van der Waals surface area contributed by atoms with Gasteiger partial charge in [-0.3, -0.25) is 10.1 Å². The van der Waals surface area contributed by atoms with Crippen LogP contribution in [0.15, 0.2) is 46.8 Å². The van der Waals surface area contributed by atoms with Crippen molar-refractivity contribution in [3.8, 4) is 6.07 Å². The molecule has 136 valence electrons. The van der Waals surface area contributed by atoms with Gasteiger partial charge in [0, 0.05) is 29.3 Å². The van der Waals surface area contributed by atoms with Crippen LogP contribution in [0.5, 0.6) is 0 Å². The first-order valence-corrected chi connectivity index (χ1v) is 9.77. The predicted octanol–water partition coefficient (Wildman–Crippen LogP) is 3.47. The molecule has 2 rings (SSSR count). The molecule has 1 N–H and O–H groups in total. The van der Waals surface area contributed by atoms with Gasteiger partial charge < -0.3 is 10.1 Å². The van der Waals surface area contributed by atoms with Crippen LogP contribution in [-0.4, -0.2) is 23.3 Å². The summed E-state index contributed by atoms with van der Waals surface area (Å²) in [4.78, 5) is 23.3. The Balaban J connectivity index is 2.69. The van der Waals surface area contributed by atoms with Crippen LogP contribution in [0.4, 0.5) is 5.69 Å². The minimum atomic E-state index is -0.740. The van der Waals surface area contributed by atoms with Crippen molar-refractivity contribution in [2.75, 3.05) is 12.4 Å². The lowest BCUT2D eigenvalue weighted by molar-refractivity contribution is -0.384. The summed E-state index contributed by atoms with van der Waals surface area (Å²) >= 11 is 4.15. The molecule has 9 heteroatoms. The number of non-ortho nitro benzene ring substituents is 1. The summed E-state index contributed by atoms with van der Waals surface area (Å²) in [6.45, 7) is 3.60. The Bertz CT molecular complexity index is 843. The third kappa shape index (κ3) is 4.03. The number of thiol groups is 1. The Kier molecular flexibility index (Phi) is 6.71. The molecule has 1 aliphatic heterocycles. The summed E-state index contributed by atoms with van der Waals surface area (Å²) in [7, 11) is 1.22. The van der Waals surface area contributed by atoms with Gasteiger partial charge in [0.15, 0.2) is 0 Å². The van der Waals surface area contributed by atoms with E-state index in [1.54, 1.807) is 19.9 Å². The van der Waals surface area contributed by atoms with Gasteiger partial charge in [-0.1, -0.05) is 22.9 Å². The van der Waals surface area contributed by atoms with E-state index in [-0.39, 0.29) is 17.9 Å². The highest BCUT2D eigenvalue weighted by Crippen LogP contribution is 2.40. The highest BCUT2D eigenvalue weighted by molar-refractivity contribution is 8.68. The normalized spacial score (nSPS) is 16.8. The number of nitrogens with one attached hydrogen (secondary N) is 1. The predicted molar refractivity (Wildman–Crippen MR) is 102 cm³/mol. The number of ether oxygens (including phenoxy) is 1. The molecule has 1 aliphatic rings. The Morgan fingerprint density at radius 1 is 1.54 bits per heavy atom. The monoisotopic (exact) mass is 391 g/mol. The number of nitrogens with zero attached hydrogens (tertiary/aromatic N) is 2. The quantitative estimate of drug-likeness (QED) is 0.251. The van der Waals surface area contributed by atoms with Crippen LogP contribution in [0, 0.1) is 21.4 Å². The number of esters is 1. The first-order valence-electron chi connectivity index (χ1n) is 7.73. The topological polar surface area (TPSA) is 105 Å². The highest BCUT2D eigenvalue weighted by atomic mass is 33.1. The number of rotatable bonds is 6. The van der Waals surface area contributed by atoms with Crippen LogP contribution < -0.4 is 5.32 Å². The first-order chi connectivity index (χ1) is 12.4. The van der Waals surface area contributed by atoms with Gasteiger partial charge in [0.2, 0.25) is 0 Å². The fraction of sp³-hybridized carbons (Fsp3) is 0.294. The summed E-state index contributed by atoms with van der Waals surface area (Å²) in [6.07, 6.45) is 0. The second-order valence-corrected chi connectivity index (χ2v) is 6.77. The smallest absolute Gasteiger partial charge is 0.336 e. The van der Waals surface area contributed by atoms with Crippen molar-refractivity contribution < 1.29 is 14.5 Å². The third-order valence-corrected chi connectivity index (χ3v) is 4.69. The van der Waals surface area contributed by atoms with Gasteiger partial charge >= 0.3 is 5.97 Å². The minimum Gasteiger partial charge on any atom is -0.463 e. The Hall–Kier alpha value is -2.44. The maximum absolute atomic E-state index is 12.6. The number of carbonyl (C=O) groups excluding carboxylic acids is 1. The Morgan fingerprint density at radius 3 is 2.85 bits per heavy atom. The molecular weight excluding hydrogens is 374 g/mol. The molecule has 0 aromatic heterocycles. The van der Waals surface area contributed by atoms with Crippen molar-refractivity contribution in [1.82, 2.24) is 5.32 Å². The fourth-order valence-corrected chi connectivity index (χ4v) is 3.57. The zero-order chi connectivity index (χ0) is 19.3. The van der Waals surface area contributed by atoms with E-state index in [4.69, 9.17) is 4.74 Å². The lowest BCUT2D eigenvalue weighted by Crippen LogP contribution is -2.30. The van der Waals surface area contributed by atoms with Crippen LogP contribution in [0.1, 0.15) is 25.3 Å². The van der Waals surface area contributed by atoms with Crippen LogP contribution in [0.25, 0.3) is 0 Å². The van der Waals surface area contributed by atoms with E-state index in [1.807, 2.05) is 0 Å². The Labute approximate surface area is 160 Å². The van der Waals surface area contributed by atoms with E-state index >= 15 is 0 Å². The van der Waals surface area contributed by atoms with E-state index < -0.39 is 16.8 Å². The number of carbonyl (C=O) groups is 1. The molecule has 1 aromatic carbocycles. The van der Waals surface area contributed by atoms with Crippen molar-refractivity contribution >= 4 is 34.1 Å². The molecule has 0 radical (unpaired) electrons. The first kappa shape index (κ1) is 19.9. The summed E-state index contributed by atoms with van der Waals surface area (Å²) in [5.74, 6) is -0.913. The molecule has 0 saturated heterocycles. The van der Waals surface area contributed by atoms with E-state index in [9.17, 15) is 20.2 Å². The molecule has 7 nitrogen and oxygen atoms in total. The molecular formula is C17H17N3O4S2. The van der Waals surface area contributed by atoms with Crippen LogP contribution in [0.2, 0.25) is 0 Å². The van der Waals surface area contributed by atoms with Crippen molar-refractivity contribution in [2.45, 2.75) is 19.8 Å². The summed E-state index contributed by atoms with van der Waals surface area (Å²) in [6, 6.07) is 8.07. The van der Waals surface area contributed by atoms with Gasteiger partial charge in [-0.25, -0.2) is 4.79 Å². The molecule has 1 unspecified atom stereocenters. The summed E-state index contributed by atoms with van der Waals surface area (Å²) in [5.41, 5.74) is 2.15. The lowest BCUT2D eigenvalue weighted by Gasteiger charge is -2.29. The van der Waals surface area contributed by atoms with Crippen LogP contribution >= 0.6 is 22.5 Å². The van der Waals surface area contributed by atoms with Crippen LogP contribution in [-0.2, 0) is 9.53 Å². The molecule has 0 amide bonds. The minimum absolute atomic E-state index is 0.107. The van der Waals surface area contributed by atoms with Crippen molar-refractivity contribution in [3.63, 3.8) is 0 Å². The van der Waals surface area contributed by atoms with Crippen molar-refractivity contribution in [3.05, 3.63) is 62.5 Å². The number of benzene rings is 1. The SMILES string of the molecule is CCOC(=O)C1=C(CSS)NC(C)=C(C#N)C1c1cccc([N+](=O)[O-])c1. The van der Waals surface area contributed by atoms with E-state index in [0.717, 1.165) is 0 Å². The number of nitro groups is 1. The number of nitriles is 1. The third-order valence-electron chi connectivity index (χ3n) is 3.88. The molecule has 1 heterocycles. The maximum Gasteiger partial charge on any atom is 0.336 e. The van der Waals surface area contributed by atoms with E-state index in [2.05, 4.69) is 23.0 Å². The number of nitro benzene ring substituents is 1. The van der Waals surface area contributed by atoms with Crippen LogP contribution in [0.3, 0.4) is 0 Å². The number of hydrogen-bond acceptors (Lipinski definition) is 8. The number of dihydropyridines is 1. The number of allylic oxidation sites excluding steroid dienone is 2. The van der Waals surface area contributed by atoms with Gasteiger partial charge in [0.25, 0.3) is 5.69 Å². The molecule has 1 aromatic rings. The molecule has 1 atom stereocenters. The second kappa shape index (κ2) is 8.78. The largest absolute Gasteiger partial charge is 0.463 e. The maximum atomic E-state index is 12.6. The molecule has 0 fully saturated rings. The fourth-order valence-electron chi connectivity index (χ4n) is 2.82. The van der Waals surface area contributed by atoms with Gasteiger partial charge in [-0.2, -0.15) is 5.26 Å². The zero-order valence-corrected chi connectivity index (χ0v) is 15.9. The van der Waals surface area contributed by atoms with Gasteiger partial charge in [-0.05, 0) is 19.4 Å². The van der Waals surface area contributed by atoms with Gasteiger partial charge in [0.1, 0.15) is 0 Å². The van der Waals surface area contributed by atoms with Crippen molar-refractivity contribution in [2.24, 2.45) is 0 Å².